The first-order valence-corrected chi connectivity index (χ1v) is 6.80. The van der Waals surface area contributed by atoms with Crippen LogP contribution in [0, 0.1) is 0 Å². The number of imidazole rings is 1. The molecule has 0 aliphatic carbocycles. The first-order chi connectivity index (χ1) is 8.55. The van der Waals surface area contributed by atoms with Crippen LogP contribution in [-0.4, -0.2) is 16.1 Å². The highest BCUT2D eigenvalue weighted by Gasteiger charge is 2.29. The van der Waals surface area contributed by atoms with Crippen LogP contribution in [0.15, 0.2) is 18.2 Å². The molecule has 0 amide bonds. The van der Waals surface area contributed by atoms with Gasteiger partial charge in [-0.05, 0) is 31.5 Å². The fraction of sp³-hybridized carbons (Fsp3) is 0.500. The maximum Gasteiger partial charge on any atom is 0.117 e. The molecular formula is C14H20ClN3. The number of aryl methyl sites for hydroxylation is 1. The molecule has 98 valence electrons. The van der Waals surface area contributed by atoms with Crippen LogP contribution in [-0.2, 0) is 12.0 Å². The second-order valence-corrected chi connectivity index (χ2v) is 5.37. The average Bonchev–Trinajstić information content (AvgIpc) is 2.76. The molecule has 1 unspecified atom stereocenters. The average molecular weight is 266 g/mol. The normalized spacial score (nSPS) is 14.9. The first-order valence-electron chi connectivity index (χ1n) is 6.42. The third kappa shape index (κ3) is 2.02. The van der Waals surface area contributed by atoms with E-state index in [9.17, 15) is 0 Å². The van der Waals surface area contributed by atoms with Gasteiger partial charge in [0.25, 0.3) is 0 Å². The quantitative estimate of drug-likeness (QED) is 0.921. The lowest BCUT2D eigenvalue weighted by molar-refractivity contribution is 0.420. The van der Waals surface area contributed by atoms with Gasteiger partial charge in [-0.2, -0.15) is 0 Å². The van der Waals surface area contributed by atoms with Crippen molar-refractivity contribution in [3.05, 3.63) is 29.0 Å². The van der Waals surface area contributed by atoms with Crippen molar-refractivity contribution in [3.8, 4) is 0 Å². The summed E-state index contributed by atoms with van der Waals surface area (Å²) in [7, 11) is 0. The van der Waals surface area contributed by atoms with Gasteiger partial charge < -0.3 is 10.3 Å². The van der Waals surface area contributed by atoms with Gasteiger partial charge in [0, 0.05) is 23.5 Å². The van der Waals surface area contributed by atoms with E-state index in [2.05, 4.69) is 25.3 Å². The number of rotatable bonds is 4. The van der Waals surface area contributed by atoms with E-state index in [1.807, 2.05) is 18.2 Å². The predicted molar refractivity (Wildman–Crippen MR) is 77.1 cm³/mol. The molecule has 0 aliphatic heterocycles. The van der Waals surface area contributed by atoms with E-state index >= 15 is 0 Å². The molecule has 1 aromatic heterocycles. The van der Waals surface area contributed by atoms with Gasteiger partial charge in [-0.25, -0.2) is 4.98 Å². The Morgan fingerprint density at radius 3 is 2.67 bits per heavy atom. The van der Waals surface area contributed by atoms with E-state index in [1.54, 1.807) is 0 Å². The predicted octanol–water partition coefficient (Wildman–Crippen LogP) is 3.34. The minimum atomic E-state index is -0.0818. The van der Waals surface area contributed by atoms with Crippen molar-refractivity contribution in [2.45, 2.75) is 39.2 Å². The topological polar surface area (TPSA) is 43.8 Å². The molecule has 1 atom stereocenters. The zero-order valence-corrected chi connectivity index (χ0v) is 12.0. The zero-order valence-electron chi connectivity index (χ0n) is 11.2. The van der Waals surface area contributed by atoms with Gasteiger partial charge in [-0.1, -0.05) is 25.4 Å². The Labute approximate surface area is 113 Å². The highest BCUT2D eigenvalue weighted by Crippen LogP contribution is 2.30. The van der Waals surface area contributed by atoms with Crippen molar-refractivity contribution >= 4 is 22.6 Å². The monoisotopic (exact) mass is 265 g/mol. The molecule has 0 aliphatic rings. The third-order valence-electron chi connectivity index (χ3n) is 3.80. The van der Waals surface area contributed by atoms with E-state index < -0.39 is 0 Å². The number of nitrogens with zero attached hydrogens (tertiary/aromatic N) is 2. The molecule has 2 aromatic rings. The van der Waals surface area contributed by atoms with Gasteiger partial charge in [0.15, 0.2) is 0 Å². The summed E-state index contributed by atoms with van der Waals surface area (Å²) in [4.78, 5) is 4.76. The van der Waals surface area contributed by atoms with Gasteiger partial charge in [0.1, 0.15) is 5.82 Å². The summed E-state index contributed by atoms with van der Waals surface area (Å²) in [5.41, 5.74) is 7.94. The number of hydrogen-bond acceptors (Lipinski definition) is 2. The highest BCUT2D eigenvalue weighted by molar-refractivity contribution is 6.31. The number of aromatic nitrogens is 2. The lowest BCUT2D eigenvalue weighted by Gasteiger charge is -2.26. The fourth-order valence-electron chi connectivity index (χ4n) is 2.27. The molecule has 0 saturated heterocycles. The van der Waals surface area contributed by atoms with Crippen LogP contribution in [0.1, 0.15) is 33.0 Å². The molecule has 3 nitrogen and oxygen atoms in total. The standard InChI is InChI=1S/C14H20ClN3/c1-4-14(3,9-16)13-17-11-7-6-10(15)8-12(11)18(13)5-2/h6-8H,4-5,9,16H2,1-3H3. The van der Waals surface area contributed by atoms with Crippen LogP contribution >= 0.6 is 11.6 Å². The van der Waals surface area contributed by atoms with Gasteiger partial charge >= 0.3 is 0 Å². The van der Waals surface area contributed by atoms with Crippen molar-refractivity contribution in [2.24, 2.45) is 5.73 Å². The van der Waals surface area contributed by atoms with E-state index in [-0.39, 0.29) is 5.41 Å². The fourth-order valence-corrected chi connectivity index (χ4v) is 2.44. The second-order valence-electron chi connectivity index (χ2n) is 4.93. The molecule has 1 aromatic carbocycles. The lowest BCUT2D eigenvalue weighted by atomic mass is 9.86. The van der Waals surface area contributed by atoms with Crippen LogP contribution in [0.3, 0.4) is 0 Å². The van der Waals surface area contributed by atoms with Gasteiger partial charge in [-0.3, -0.25) is 0 Å². The molecule has 0 saturated carbocycles. The van der Waals surface area contributed by atoms with Crippen LogP contribution in [0.5, 0.6) is 0 Å². The second kappa shape index (κ2) is 4.90. The maximum atomic E-state index is 6.07. The van der Waals surface area contributed by atoms with Gasteiger partial charge in [0.05, 0.1) is 11.0 Å². The van der Waals surface area contributed by atoms with Crippen molar-refractivity contribution in [3.63, 3.8) is 0 Å². The first kappa shape index (κ1) is 13.4. The van der Waals surface area contributed by atoms with E-state index in [0.717, 1.165) is 34.8 Å². The molecular weight excluding hydrogens is 246 g/mol. The van der Waals surface area contributed by atoms with Crippen LogP contribution in [0.25, 0.3) is 11.0 Å². The van der Waals surface area contributed by atoms with Crippen LogP contribution < -0.4 is 5.73 Å². The Kier molecular flexibility index (Phi) is 3.64. The number of fused-ring (bicyclic) bond motifs is 1. The van der Waals surface area contributed by atoms with Crippen LogP contribution in [0.4, 0.5) is 0 Å². The smallest absolute Gasteiger partial charge is 0.117 e. The summed E-state index contributed by atoms with van der Waals surface area (Å²) >= 11 is 6.07. The maximum absolute atomic E-state index is 6.07. The minimum absolute atomic E-state index is 0.0818. The Hall–Kier alpha value is -1.06. The zero-order chi connectivity index (χ0) is 13.3. The van der Waals surface area contributed by atoms with Gasteiger partial charge in [-0.15, -0.1) is 0 Å². The number of nitrogens with two attached hydrogens (primary N) is 1. The molecule has 0 spiro atoms. The summed E-state index contributed by atoms with van der Waals surface area (Å²) in [5, 5.41) is 0.745. The molecule has 1 heterocycles. The molecule has 4 heteroatoms. The number of hydrogen-bond donors (Lipinski definition) is 1. The van der Waals surface area contributed by atoms with Crippen molar-refractivity contribution in [1.29, 1.82) is 0 Å². The molecule has 2 N–H and O–H groups in total. The minimum Gasteiger partial charge on any atom is -0.329 e. The van der Waals surface area contributed by atoms with E-state index in [0.29, 0.717) is 6.54 Å². The summed E-state index contributed by atoms with van der Waals surface area (Å²) in [6.45, 7) is 7.92. The highest BCUT2D eigenvalue weighted by atomic mass is 35.5. The van der Waals surface area contributed by atoms with Gasteiger partial charge in [0.2, 0.25) is 0 Å². The number of halogens is 1. The summed E-state index contributed by atoms with van der Waals surface area (Å²) in [6, 6.07) is 5.83. The Balaban J connectivity index is 2.71. The van der Waals surface area contributed by atoms with Crippen molar-refractivity contribution in [1.82, 2.24) is 9.55 Å². The molecule has 18 heavy (non-hydrogen) atoms. The molecule has 0 fully saturated rings. The lowest BCUT2D eigenvalue weighted by Crippen LogP contribution is -2.34. The largest absolute Gasteiger partial charge is 0.329 e. The van der Waals surface area contributed by atoms with E-state index in [4.69, 9.17) is 22.3 Å². The molecule has 0 bridgehead atoms. The molecule has 2 rings (SSSR count). The Morgan fingerprint density at radius 1 is 1.39 bits per heavy atom. The van der Waals surface area contributed by atoms with Crippen molar-refractivity contribution < 1.29 is 0 Å². The SMILES string of the molecule is CCn1c(C(C)(CC)CN)nc2ccc(Cl)cc21. The number of benzene rings is 1. The Morgan fingerprint density at radius 2 is 2.11 bits per heavy atom. The van der Waals surface area contributed by atoms with Crippen LogP contribution in [0.2, 0.25) is 5.02 Å². The summed E-state index contributed by atoms with van der Waals surface area (Å²) < 4.78 is 2.22. The summed E-state index contributed by atoms with van der Waals surface area (Å²) in [6.07, 6.45) is 0.973. The molecule has 0 radical (unpaired) electrons. The van der Waals surface area contributed by atoms with E-state index in [1.165, 1.54) is 0 Å². The summed E-state index contributed by atoms with van der Waals surface area (Å²) in [5.74, 6) is 1.06. The third-order valence-corrected chi connectivity index (χ3v) is 4.03. The Bertz CT molecular complexity index is 555. The van der Waals surface area contributed by atoms with Crippen molar-refractivity contribution in [2.75, 3.05) is 6.54 Å².